The molecule has 1 fully saturated rings. The summed E-state index contributed by atoms with van der Waals surface area (Å²) in [7, 11) is 0. The summed E-state index contributed by atoms with van der Waals surface area (Å²) in [6.07, 6.45) is -0.994. The van der Waals surface area contributed by atoms with Gasteiger partial charge in [0.15, 0.2) is 11.5 Å². The van der Waals surface area contributed by atoms with E-state index in [1.165, 1.54) is 0 Å². The molecule has 4 atom stereocenters. The van der Waals surface area contributed by atoms with Crippen molar-refractivity contribution < 1.29 is 19.7 Å². The van der Waals surface area contributed by atoms with Crippen LogP contribution in [0.25, 0.3) is 43.6 Å². The number of aliphatic hydroxyl groups is 2. The number of hydrogen-bond acceptors (Lipinski definition) is 4. The average Bonchev–Trinajstić information content (AvgIpc) is 3.45. The smallest absolute Gasteiger partial charge is 0.173 e. The van der Waals surface area contributed by atoms with Gasteiger partial charge in [-0.25, -0.2) is 0 Å². The molecule has 1 aliphatic carbocycles. The molecule has 0 amide bonds. The van der Waals surface area contributed by atoms with E-state index >= 15 is 0 Å². The summed E-state index contributed by atoms with van der Waals surface area (Å²) in [5.74, 6) is 0.186. The Morgan fingerprint density at radius 2 is 1.64 bits per heavy atom. The van der Waals surface area contributed by atoms with Gasteiger partial charge in [-0.1, -0.05) is 36.4 Å². The Bertz CT molecular complexity index is 1710. The number of carbonyl (C=O) groups is 1. The van der Waals surface area contributed by atoms with E-state index in [0.29, 0.717) is 12.8 Å². The van der Waals surface area contributed by atoms with Crippen molar-refractivity contribution in [2.24, 2.45) is 0 Å². The van der Waals surface area contributed by atoms with Crippen LogP contribution in [0.5, 0.6) is 0 Å². The molecule has 3 aromatic carbocycles. The summed E-state index contributed by atoms with van der Waals surface area (Å²) in [5, 5.41) is 26.4. The first-order valence-electron chi connectivity index (χ1n) is 11.6. The van der Waals surface area contributed by atoms with Crippen molar-refractivity contribution in [1.29, 1.82) is 0 Å². The molecule has 6 nitrogen and oxygen atoms in total. The highest BCUT2D eigenvalue weighted by Gasteiger charge is 2.52. The molecular weight excluding hydrogens is 416 g/mol. The minimum Gasteiger partial charge on any atom is -0.390 e. The van der Waals surface area contributed by atoms with E-state index in [1.54, 1.807) is 0 Å². The number of benzene rings is 3. The highest BCUT2D eigenvalue weighted by Crippen LogP contribution is 2.53. The second-order valence-corrected chi connectivity index (χ2v) is 9.84. The molecule has 6 heteroatoms. The van der Waals surface area contributed by atoms with E-state index in [1.807, 2.05) is 37.3 Å². The summed E-state index contributed by atoms with van der Waals surface area (Å²) in [4.78, 5) is 13.3. The lowest BCUT2D eigenvalue weighted by Crippen LogP contribution is -2.55. The first-order valence-corrected chi connectivity index (χ1v) is 11.6. The molecule has 2 N–H and O–H groups in total. The fourth-order valence-corrected chi connectivity index (χ4v) is 6.90. The monoisotopic (exact) mass is 438 g/mol. The lowest BCUT2D eigenvalue weighted by atomic mass is 9.95. The van der Waals surface area contributed by atoms with E-state index in [4.69, 9.17) is 4.74 Å². The first-order chi connectivity index (χ1) is 16.0. The Hall–Kier alpha value is -3.19. The van der Waals surface area contributed by atoms with Crippen LogP contribution in [0.4, 0.5) is 0 Å². The maximum Gasteiger partial charge on any atom is 0.173 e. The first kappa shape index (κ1) is 18.3. The van der Waals surface area contributed by atoms with Crippen molar-refractivity contribution in [3.63, 3.8) is 0 Å². The minimum absolute atomic E-state index is 0.186. The van der Waals surface area contributed by atoms with Gasteiger partial charge in [0, 0.05) is 39.9 Å². The molecule has 0 radical (unpaired) electrons. The lowest BCUT2D eigenvalue weighted by molar-refractivity contribution is -0.272. The van der Waals surface area contributed by atoms with Crippen LogP contribution in [0.2, 0.25) is 0 Å². The summed E-state index contributed by atoms with van der Waals surface area (Å²) >= 11 is 0. The number of carbonyl (C=O) groups excluding carboxylic acids is 1. The van der Waals surface area contributed by atoms with Crippen LogP contribution in [-0.4, -0.2) is 37.3 Å². The van der Waals surface area contributed by atoms with Crippen molar-refractivity contribution in [2.75, 3.05) is 0 Å². The third-order valence-corrected chi connectivity index (χ3v) is 8.21. The minimum atomic E-state index is -1.16. The van der Waals surface area contributed by atoms with Crippen LogP contribution >= 0.6 is 0 Å². The predicted octanol–water partition coefficient (Wildman–Crippen LogP) is 4.36. The molecule has 0 unspecified atom stereocenters. The molecule has 3 aliphatic rings. The molecular formula is C27H22N2O4. The number of hydrogen-bond donors (Lipinski definition) is 2. The van der Waals surface area contributed by atoms with Gasteiger partial charge in [0.05, 0.1) is 28.2 Å². The van der Waals surface area contributed by atoms with E-state index < -0.39 is 24.2 Å². The number of Topliss-reactive ketones (excluding diaryl/α,β-unsaturated/α-hetero) is 1. The highest BCUT2D eigenvalue weighted by molar-refractivity contribution is 6.31. The standard InChI is InChI=1S/C27H22N2O4/c1-27-26(32)19(31)12-20(33-27)28-16-8-4-2-6-13(16)23-22-15(10-11-18(22)30)21-14-7-3-5-9-17(14)29(27)25(21)24(23)28/h2-9,19-20,26,31-32H,10-12H2,1H3/t19-,20-,26-,27+/m1/s1. The SMILES string of the molecule is C[C@]12O[C@H](C[C@@H](O)[C@H]1O)n1c3ccccc3c3c4c(c5c6ccccc6n2c5c31)CCC4=O. The Morgan fingerprint density at radius 3 is 2.42 bits per heavy atom. The van der Waals surface area contributed by atoms with E-state index in [2.05, 4.69) is 27.3 Å². The van der Waals surface area contributed by atoms with Crippen molar-refractivity contribution in [1.82, 2.24) is 9.13 Å². The quantitative estimate of drug-likeness (QED) is 0.377. The van der Waals surface area contributed by atoms with Gasteiger partial charge in [-0.05, 0) is 31.0 Å². The largest absolute Gasteiger partial charge is 0.390 e. The zero-order valence-corrected chi connectivity index (χ0v) is 18.1. The van der Waals surface area contributed by atoms with Gasteiger partial charge in [0.1, 0.15) is 12.3 Å². The van der Waals surface area contributed by atoms with Crippen LogP contribution in [0.3, 0.4) is 0 Å². The van der Waals surface area contributed by atoms with E-state index in [-0.39, 0.29) is 12.2 Å². The Labute approximate surface area is 188 Å². The van der Waals surface area contributed by atoms with Crippen molar-refractivity contribution in [3.8, 4) is 0 Å². The topological polar surface area (TPSA) is 76.6 Å². The predicted molar refractivity (Wildman–Crippen MR) is 125 cm³/mol. The zero-order chi connectivity index (χ0) is 22.2. The highest BCUT2D eigenvalue weighted by atomic mass is 16.6. The molecule has 4 heterocycles. The lowest BCUT2D eigenvalue weighted by Gasteiger charge is -2.45. The van der Waals surface area contributed by atoms with Crippen molar-refractivity contribution >= 4 is 49.4 Å². The number of fused-ring (bicyclic) bond motifs is 13. The van der Waals surface area contributed by atoms with Crippen LogP contribution < -0.4 is 0 Å². The van der Waals surface area contributed by atoms with E-state index in [0.717, 1.165) is 54.7 Å². The number of aliphatic hydroxyl groups excluding tert-OH is 2. The molecule has 0 saturated carbocycles. The Morgan fingerprint density at radius 1 is 0.939 bits per heavy atom. The number of ketones is 1. The van der Waals surface area contributed by atoms with Crippen LogP contribution in [0.15, 0.2) is 48.5 Å². The van der Waals surface area contributed by atoms with Gasteiger partial charge < -0.3 is 24.1 Å². The van der Waals surface area contributed by atoms with Gasteiger partial charge in [-0.15, -0.1) is 0 Å². The summed E-state index contributed by atoms with van der Waals surface area (Å²) in [6.45, 7) is 1.87. The number of ether oxygens (including phenoxy) is 1. The molecule has 2 bridgehead atoms. The maximum absolute atomic E-state index is 13.3. The molecule has 8 rings (SSSR count). The van der Waals surface area contributed by atoms with Gasteiger partial charge in [0.2, 0.25) is 0 Å². The molecule has 2 aliphatic heterocycles. The molecule has 0 spiro atoms. The number of aromatic nitrogens is 2. The average molecular weight is 438 g/mol. The second kappa shape index (κ2) is 5.65. The van der Waals surface area contributed by atoms with Gasteiger partial charge in [-0.2, -0.15) is 0 Å². The Balaban J connectivity index is 1.77. The molecule has 164 valence electrons. The number of aryl methyl sites for hydroxylation is 1. The number of rotatable bonds is 0. The summed E-state index contributed by atoms with van der Waals surface area (Å²) in [6, 6.07) is 16.3. The van der Waals surface area contributed by atoms with Crippen molar-refractivity contribution in [2.45, 2.75) is 50.3 Å². The van der Waals surface area contributed by atoms with Crippen LogP contribution in [-0.2, 0) is 16.9 Å². The van der Waals surface area contributed by atoms with Gasteiger partial charge in [-0.3, -0.25) is 4.79 Å². The molecule has 5 aromatic rings. The third kappa shape index (κ3) is 1.89. The fraction of sp³-hybridized carbons (Fsp3) is 0.296. The number of nitrogens with zero attached hydrogens (tertiary/aromatic N) is 2. The maximum atomic E-state index is 13.3. The zero-order valence-electron chi connectivity index (χ0n) is 18.1. The second-order valence-electron chi connectivity index (χ2n) is 9.84. The van der Waals surface area contributed by atoms with Crippen LogP contribution in [0.1, 0.15) is 41.9 Å². The fourth-order valence-electron chi connectivity index (χ4n) is 6.90. The van der Waals surface area contributed by atoms with Crippen molar-refractivity contribution in [3.05, 3.63) is 59.7 Å². The van der Waals surface area contributed by atoms with Crippen LogP contribution in [0, 0.1) is 0 Å². The van der Waals surface area contributed by atoms with Gasteiger partial charge in [0.25, 0.3) is 0 Å². The van der Waals surface area contributed by atoms with E-state index in [9.17, 15) is 15.0 Å². The Kier molecular flexibility index (Phi) is 3.13. The summed E-state index contributed by atoms with van der Waals surface area (Å²) < 4.78 is 11.0. The number of para-hydroxylation sites is 2. The summed E-state index contributed by atoms with van der Waals surface area (Å²) in [5.41, 5.74) is 4.63. The molecule has 1 saturated heterocycles. The third-order valence-electron chi connectivity index (χ3n) is 8.21. The molecule has 33 heavy (non-hydrogen) atoms. The van der Waals surface area contributed by atoms with Gasteiger partial charge >= 0.3 is 0 Å². The normalized spacial score (nSPS) is 28.5. The molecule has 2 aromatic heterocycles.